The quantitative estimate of drug-likeness (QED) is 0.733. The second-order valence-corrected chi connectivity index (χ2v) is 5.13. The maximum atomic E-state index is 11.0. The molecule has 96 valence electrons. The maximum absolute atomic E-state index is 11.0. The summed E-state index contributed by atoms with van der Waals surface area (Å²) < 4.78 is 5.41. The second-order valence-electron chi connectivity index (χ2n) is 5.13. The Morgan fingerprint density at radius 2 is 1.69 bits per heavy atom. The average Bonchev–Trinajstić information content (AvgIpc) is 2.30. The van der Waals surface area contributed by atoms with Gasteiger partial charge in [-0.3, -0.25) is 0 Å². The normalized spacial score (nSPS) is 21.0. The van der Waals surface area contributed by atoms with Crippen molar-refractivity contribution in [3.05, 3.63) is 0 Å². The van der Waals surface area contributed by atoms with Crippen LogP contribution < -0.4 is 5.73 Å². The summed E-state index contributed by atoms with van der Waals surface area (Å²) in [7, 11) is 0. The molecule has 0 radical (unpaired) electrons. The van der Waals surface area contributed by atoms with Crippen molar-refractivity contribution in [3.8, 4) is 0 Å². The molecule has 0 unspecified atom stereocenters. The molecule has 0 aromatic heterocycles. The predicted octanol–water partition coefficient (Wildman–Crippen LogP) is 2.07. The first-order valence-corrected chi connectivity index (χ1v) is 6.64. The molecule has 1 saturated heterocycles. The van der Waals surface area contributed by atoms with Crippen molar-refractivity contribution in [2.45, 2.75) is 58.0 Å². The summed E-state index contributed by atoms with van der Waals surface area (Å²) in [5.41, 5.74) is 5.27. The van der Waals surface area contributed by atoms with Crippen LogP contribution in [0.1, 0.15) is 52.4 Å². The third kappa shape index (κ3) is 2.58. The molecule has 0 aromatic carbocycles. The average molecular weight is 229 g/mol. The van der Waals surface area contributed by atoms with E-state index in [4.69, 9.17) is 10.5 Å². The van der Waals surface area contributed by atoms with Gasteiger partial charge >= 0.3 is 0 Å². The van der Waals surface area contributed by atoms with E-state index in [1.807, 2.05) is 0 Å². The van der Waals surface area contributed by atoms with Crippen molar-refractivity contribution in [3.63, 3.8) is 0 Å². The lowest BCUT2D eigenvalue weighted by Gasteiger charge is -2.49. The van der Waals surface area contributed by atoms with Gasteiger partial charge in [0.05, 0.1) is 5.60 Å². The number of ether oxygens (including phenoxy) is 1. The van der Waals surface area contributed by atoms with Gasteiger partial charge in [-0.25, -0.2) is 0 Å². The highest BCUT2D eigenvalue weighted by atomic mass is 16.5. The van der Waals surface area contributed by atoms with Crippen molar-refractivity contribution in [2.24, 2.45) is 11.1 Å². The molecule has 3 nitrogen and oxygen atoms in total. The van der Waals surface area contributed by atoms with E-state index in [-0.39, 0.29) is 5.41 Å². The molecule has 1 rings (SSSR count). The summed E-state index contributed by atoms with van der Waals surface area (Å²) in [4.78, 5) is 0. The van der Waals surface area contributed by atoms with Crippen LogP contribution in [0.25, 0.3) is 0 Å². The van der Waals surface area contributed by atoms with Crippen molar-refractivity contribution < 1.29 is 9.84 Å². The van der Waals surface area contributed by atoms with Crippen LogP contribution in [-0.4, -0.2) is 30.5 Å². The SMILES string of the molecule is CCCC(O)(CCC)C1(CN)CCOCC1. The summed E-state index contributed by atoms with van der Waals surface area (Å²) in [5.74, 6) is 0. The molecule has 3 N–H and O–H groups in total. The van der Waals surface area contributed by atoms with Gasteiger partial charge in [-0.05, 0) is 25.7 Å². The molecule has 0 atom stereocenters. The molecule has 16 heavy (non-hydrogen) atoms. The third-order valence-corrected chi connectivity index (χ3v) is 4.15. The lowest BCUT2D eigenvalue weighted by molar-refractivity contribution is -0.138. The minimum atomic E-state index is -0.588. The van der Waals surface area contributed by atoms with Crippen LogP contribution in [0.3, 0.4) is 0 Å². The monoisotopic (exact) mass is 229 g/mol. The van der Waals surface area contributed by atoms with E-state index >= 15 is 0 Å². The Hall–Kier alpha value is -0.120. The minimum absolute atomic E-state index is 0.114. The Kier molecular flexibility index (Phi) is 5.22. The van der Waals surface area contributed by atoms with Crippen LogP contribution >= 0.6 is 0 Å². The van der Waals surface area contributed by atoms with Crippen LogP contribution in [-0.2, 0) is 4.74 Å². The van der Waals surface area contributed by atoms with E-state index in [0.29, 0.717) is 6.54 Å². The molecule has 1 aliphatic rings. The molecule has 0 spiro atoms. The summed E-state index contributed by atoms with van der Waals surface area (Å²) >= 11 is 0. The molecule has 0 bridgehead atoms. The lowest BCUT2D eigenvalue weighted by Crippen LogP contribution is -2.55. The van der Waals surface area contributed by atoms with Crippen LogP contribution in [0.15, 0.2) is 0 Å². The molecule has 0 amide bonds. The number of hydrogen-bond acceptors (Lipinski definition) is 3. The van der Waals surface area contributed by atoms with Gasteiger partial charge in [0.1, 0.15) is 0 Å². The number of aliphatic hydroxyl groups is 1. The highest BCUT2D eigenvalue weighted by Crippen LogP contribution is 2.45. The van der Waals surface area contributed by atoms with Crippen molar-refractivity contribution >= 4 is 0 Å². The number of rotatable bonds is 6. The summed E-state index contributed by atoms with van der Waals surface area (Å²) in [6.45, 7) is 6.32. The smallest absolute Gasteiger partial charge is 0.0717 e. The van der Waals surface area contributed by atoms with Gasteiger partial charge in [-0.2, -0.15) is 0 Å². The molecular formula is C13H27NO2. The van der Waals surface area contributed by atoms with E-state index in [0.717, 1.165) is 51.7 Å². The Morgan fingerprint density at radius 3 is 2.06 bits per heavy atom. The van der Waals surface area contributed by atoms with Gasteiger partial charge in [0.2, 0.25) is 0 Å². The van der Waals surface area contributed by atoms with E-state index < -0.39 is 5.60 Å². The topological polar surface area (TPSA) is 55.5 Å². The lowest BCUT2D eigenvalue weighted by atomic mass is 9.63. The molecule has 0 saturated carbocycles. The Morgan fingerprint density at radius 1 is 1.19 bits per heavy atom. The molecule has 3 heteroatoms. The van der Waals surface area contributed by atoms with E-state index in [2.05, 4.69) is 13.8 Å². The minimum Gasteiger partial charge on any atom is -0.389 e. The fourth-order valence-corrected chi connectivity index (χ4v) is 3.10. The Bertz CT molecular complexity index is 194. The standard InChI is InChI=1S/C13H27NO2/c1-3-5-13(15,6-4-2)12(11-14)7-9-16-10-8-12/h15H,3-11,14H2,1-2H3. The zero-order chi connectivity index (χ0) is 12.1. The molecule has 1 heterocycles. The highest BCUT2D eigenvalue weighted by molar-refractivity contribution is 5.00. The molecule has 1 fully saturated rings. The zero-order valence-electron chi connectivity index (χ0n) is 10.8. The predicted molar refractivity (Wildman–Crippen MR) is 66.3 cm³/mol. The number of hydrogen-bond donors (Lipinski definition) is 2. The van der Waals surface area contributed by atoms with Gasteiger partial charge in [0, 0.05) is 25.2 Å². The van der Waals surface area contributed by atoms with Gasteiger partial charge in [-0.15, -0.1) is 0 Å². The zero-order valence-corrected chi connectivity index (χ0v) is 10.8. The molecular weight excluding hydrogens is 202 g/mol. The van der Waals surface area contributed by atoms with Gasteiger partial charge in [-0.1, -0.05) is 26.7 Å². The Labute approximate surface area is 99.4 Å². The van der Waals surface area contributed by atoms with Crippen molar-refractivity contribution in [1.29, 1.82) is 0 Å². The first-order chi connectivity index (χ1) is 7.64. The number of nitrogens with two attached hydrogens (primary N) is 1. The van der Waals surface area contributed by atoms with E-state index in [9.17, 15) is 5.11 Å². The van der Waals surface area contributed by atoms with E-state index in [1.165, 1.54) is 0 Å². The summed E-state index contributed by atoms with van der Waals surface area (Å²) in [6, 6.07) is 0. The molecule has 0 aromatic rings. The molecule has 0 aliphatic carbocycles. The van der Waals surface area contributed by atoms with Crippen LogP contribution in [0.2, 0.25) is 0 Å². The highest BCUT2D eigenvalue weighted by Gasteiger charge is 2.48. The fraction of sp³-hybridized carbons (Fsp3) is 1.00. The van der Waals surface area contributed by atoms with Crippen LogP contribution in [0, 0.1) is 5.41 Å². The van der Waals surface area contributed by atoms with Gasteiger partial charge < -0.3 is 15.6 Å². The van der Waals surface area contributed by atoms with Crippen LogP contribution in [0.4, 0.5) is 0 Å². The second kappa shape index (κ2) is 5.99. The first kappa shape index (κ1) is 13.9. The summed E-state index contributed by atoms with van der Waals surface area (Å²) in [5, 5.41) is 11.0. The summed E-state index contributed by atoms with van der Waals surface area (Å²) in [6.07, 6.45) is 5.55. The van der Waals surface area contributed by atoms with Gasteiger partial charge in [0.15, 0.2) is 0 Å². The third-order valence-electron chi connectivity index (χ3n) is 4.15. The molecule has 1 aliphatic heterocycles. The first-order valence-electron chi connectivity index (χ1n) is 6.64. The van der Waals surface area contributed by atoms with E-state index in [1.54, 1.807) is 0 Å². The van der Waals surface area contributed by atoms with Crippen LogP contribution in [0.5, 0.6) is 0 Å². The Balaban J connectivity index is 2.86. The largest absolute Gasteiger partial charge is 0.389 e. The fourth-order valence-electron chi connectivity index (χ4n) is 3.10. The van der Waals surface area contributed by atoms with Gasteiger partial charge in [0.25, 0.3) is 0 Å². The van der Waals surface area contributed by atoms with Crippen molar-refractivity contribution in [1.82, 2.24) is 0 Å². The van der Waals surface area contributed by atoms with Crippen molar-refractivity contribution in [2.75, 3.05) is 19.8 Å². The maximum Gasteiger partial charge on any atom is 0.0717 e.